The fourth-order valence-corrected chi connectivity index (χ4v) is 4.06. The molecule has 10 heteroatoms. The van der Waals surface area contributed by atoms with E-state index in [4.69, 9.17) is 4.74 Å². The van der Waals surface area contributed by atoms with Gasteiger partial charge in [-0.25, -0.2) is 8.42 Å². The van der Waals surface area contributed by atoms with Gasteiger partial charge in [0.1, 0.15) is 0 Å². The van der Waals surface area contributed by atoms with E-state index in [0.717, 1.165) is 18.9 Å². The highest BCUT2D eigenvalue weighted by atomic mass is 35.5. The zero-order chi connectivity index (χ0) is 16.3. The molecule has 23 heavy (non-hydrogen) atoms. The summed E-state index contributed by atoms with van der Waals surface area (Å²) in [7, 11) is -0.658. The molecule has 1 aliphatic heterocycles. The summed E-state index contributed by atoms with van der Waals surface area (Å²) in [6.07, 6.45) is 1.66. The lowest BCUT2D eigenvalue weighted by atomic mass is 10.1. The molecule has 0 bridgehead atoms. The predicted octanol–water partition coefficient (Wildman–Crippen LogP) is 1.40. The highest BCUT2D eigenvalue weighted by Crippen LogP contribution is 2.31. The number of rotatable bonds is 5. The van der Waals surface area contributed by atoms with Crippen molar-refractivity contribution in [3.63, 3.8) is 0 Å². The van der Waals surface area contributed by atoms with E-state index in [1.54, 1.807) is 7.05 Å². The lowest BCUT2D eigenvalue weighted by Gasteiger charge is -2.31. The van der Waals surface area contributed by atoms with E-state index in [-0.39, 0.29) is 34.8 Å². The molecule has 0 amide bonds. The van der Waals surface area contributed by atoms with Gasteiger partial charge in [-0.15, -0.1) is 12.4 Å². The average molecular weight is 366 g/mol. The van der Waals surface area contributed by atoms with Crippen LogP contribution >= 0.6 is 12.4 Å². The van der Waals surface area contributed by atoms with Crippen molar-refractivity contribution in [1.82, 2.24) is 9.62 Å². The van der Waals surface area contributed by atoms with Crippen LogP contribution < -0.4 is 10.1 Å². The van der Waals surface area contributed by atoms with Crippen molar-refractivity contribution < 1.29 is 18.1 Å². The van der Waals surface area contributed by atoms with Crippen LogP contribution in [-0.2, 0) is 10.0 Å². The smallest absolute Gasteiger partial charge is 0.312 e. The second-order valence-electron chi connectivity index (χ2n) is 5.08. The van der Waals surface area contributed by atoms with E-state index in [1.165, 1.54) is 23.5 Å². The van der Waals surface area contributed by atoms with E-state index in [1.807, 2.05) is 0 Å². The van der Waals surface area contributed by atoms with E-state index in [9.17, 15) is 18.5 Å². The molecule has 1 fully saturated rings. The van der Waals surface area contributed by atoms with Crippen LogP contribution in [0.1, 0.15) is 12.8 Å². The van der Waals surface area contributed by atoms with Crippen LogP contribution in [0.2, 0.25) is 0 Å². The highest BCUT2D eigenvalue weighted by molar-refractivity contribution is 7.89. The van der Waals surface area contributed by atoms with Gasteiger partial charge in [-0.05, 0) is 32.0 Å². The topological polar surface area (TPSA) is 102 Å². The van der Waals surface area contributed by atoms with Gasteiger partial charge in [0.2, 0.25) is 10.0 Å². The molecule has 1 aromatic carbocycles. The van der Waals surface area contributed by atoms with Crippen LogP contribution in [0.15, 0.2) is 23.1 Å². The molecule has 0 aromatic heterocycles. The van der Waals surface area contributed by atoms with Crippen LogP contribution in [0, 0.1) is 10.1 Å². The molecular formula is C13H20ClN3O5S. The summed E-state index contributed by atoms with van der Waals surface area (Å²) >= 11 is 0. The molecule has 8 nitrogen and oxygen atoms in total. The maximum atomic E-state index is 12.7. The number of ether oxygens (including phenoxy) is 1. The number of halogens is 1. The molecule has 130 valence electrons. The third-order valence-electron chi connectivity index (χ3n) is 3.78. The SMILES string of the molecule is CNC1CCCN(S(=O)(=O)c2ccc(OC)c([N+](=O)[O-])c2)C1.Cl. The van der Waals surface area contributed by atoms with E-state index in [2.05, 4.69) is 5.32 Å². The zero-order valence-electron chi connectivity index (χ0n) is 12.9. The van der Waals surface area contributed by atoms with Crippen LogP contribution in [0.3, 0.4) is 0 Å². The quantitative estimate of drug-likeness (QED) is 0.625. The molecule has 1 saturated heterocycles. The Balaban J connectivity index is 0.00000264. The van der Waals surface area contributed by atoms with Crippen molar-refractivity contribution in [1.29, 1.82) is 0 Å². The number of hydrogen-bond acceptors (Lipinski definition) is 6. The molecule has 0 aliphatic carbocycles. The van der Waals surface area contributed by atoms with Crippen LogP contribution in [0.25, 0.3) is 0 Å². The van der Waals surface area contributed by atoms with Crippen molar-refractivity contribution in [2.45, 2.75) is 23.8 Å². The summed E-state index contributed by atoms with van der Waals surface area (Å²) in [5, 5.41) is 14.1. The lowest BCUT2D eigenvalue weighted by Crippen LogP contribution is -2.46. The second-order valence-corrected chi connectivity index (χ2v) is 7.02. The molecule has 1 heterocycles. The molecule has 2 rings (SSSR count). The first-order chi connectivity index (χ1) is 10.4. The third kappa shape index (κ3) is 4.11. The van der Waals surface area contributed by atoms with Crippen LogP contribution in [-0.4, -0.2) is 50.9 Å². The molecule has 0 spiro atoms. The first-order valence-electron chi connectivity index (χ1n) is 6.90. The summed E-state index contributed by atoms with van der Waals surface area (Å²) in [4.78, 5) is 10.3. The Morgan fingerprint density at radius 1 is 1.43 bits per heavy atom. The van der Waals surface area contributed by atoms with E-state index < -0.39 is 14.9 Å². The fraction of sp³-hybridized carbons (Fsp3) is 0.538. The van der Waals surface area contributed by atoms with Gasteiger partial charge < -0.3 is 10.1 Å². The Kier molecular flexibility index (Phi) is 6.75. The Hall–Kier alpha value is -1.42. The number of methoxy groups -OCH3 is 1. The monoisotopic (exact) mass is 365 g/mol. The summed E-state index contributed by atoms with van der Waals surface area (Å²) in [5.41, 5.74) is -0.356. The number of nitro groups is 1. The Bertz CT molecular complexity index is 668. The molecule has 1 aliphatic rings. The number of nitrogens with zero attached hydrogens (tertiary/aromatic N) is 2. The maximum absolute atomic E-state index is 12.7. The summed E-state index contributed by atoms with van der Waals surface area (Å²) in [6, 6.07) is 3.79. The molecule has 1 aromatic rings. The summed E-state index contributed by atoms with van der Waals surface area (Å²) in [6.45, 7) is 0.777. The minimum atomic E-state index is -3.75. The normalized spacial score (nSPS) is 19.0. The molecule has 1 N–H and O–H groups in total. The highest BCUT2D eigenvalue weighted by Gasteiger charge is 2.31. The first kappa shape index (κ1) is 19.6. The zero-order valence-corrected chi connectivity index (χ0v) is 14.5. The average Bonchev–Trinajstić information content (AvgIpc) is 2.54. The summed E-state index contributed by atoms with van der Waals surface area (Å²) < 4.78 is 31.6. The van der Waals surface area contributed by atoms with Gasteiger partial charge >= 0.3 is 5.69 Å². The number of nitro benzene ring substituents is 1. The van der Waals surface area contributed by atoms with Crippen molar-refractivity contribution >= 4 is 28.1 Å². The minimum absolute atomic E-state index is 0. The number of piperidine rings is 1. The molecule has 1 unspecified atom stereocenters. The van der Waals surface area contributed by atoms with Crippen molar-refractivity contribution in [3.05, 3.63) is 28.3 Å². The minimum Gasteiger partial charge on any atom is -0.490 e. The number of nitrogens with one attached hydrogen (secondary N) is 1. The molecule has 0 radical (unpaired) electrons. The third-order valence-corrected chi connectivity index (χ3v) is 5.64. The van der Waals surface area contributed by atoms with Gasteiger partial charge in [0.15, 0.2) is 5.75 Å². The van der Waals surface area contributed by atoms with Crippen molar-refractivity contribution in [2.75, 3.05) is 27.2 Å². The van der Waals surface area contributed by atoms with Gasteiger partial charge in [-0.1, -0.05) is 0 Å². The number of benzene rings is 1. The standard InChI is InChI=1S/C13H19N3O5S.ClH/c1-14-10-4-3-7-15(9-10)22(19,20)11-5-6-13(21-2)12(8-11)16(17)18;/h5-6,8,10,14H,3-4,7,9H2,1-2H3;1H. The Morgan fingerprint density at radius 2 is 2.13 bits per heavy atom. The van der Waals surface area contributed by atoms with Crippen LogP contribution in [0.5, 0.6) is 5.75 Å². The van der Waals surface area contributed by atoms with E-state index in [0.29, 0.717) is 13.1 Å². The summed E-state index contributed by atoms with van der Waals surface area (Å²) in [5.74, 6) is 0.0377. The molecule has 0 saturated carbocycles. The van der Waals surface area contributed by atoms with Crippen molar-refractivity contribution in [3.8, 4) is 5.75 Å². The first-order valence-corrected chi connectivity index (χ1v) is 8.34. The van der Waals surface area contributed by atoms with Crippen molar-refractivity contribution in [2.24, 2.45) is 0 Å². The van der Waals surface area contributed by atoms with E-state index >= 15 is 0 Å². The van der Waals surface area contributed by atoms with Gasteiger partial charge in [-0.3, -0.25) is 10.1 Å². The van der Waals surface area contributed by atoms with Gasteiger partial charge in [0, 0.05) is 25.2 Å². The predicted molar refractivity (Wildman–Crippen MR) is 87.7 cm³/mol. The van der Waals surface area contributed by atoms with Gasteiger partial charge in [-0.2, -0.15) is 4.31 Å². The van der Waals surface area contributed by atoms with Gasteiger partial charge in [0.05, 0.1) is 16.9 Å². The van der Waals surface area contributed by atoms with Gasteiger partial charge in [0.25, 0.3) is 0 Å². The Labute approximate surface area is 141 Å². The van der Waals surface area contributed by atoms with Crippen LogP contribution in [0.4, 0.5) is 5.69 Å². The number of likely N-dealkylation sites (N-methyl/N-ethyl adjacent to an activating group) is 1. The Morgan fingerprint density at radius 3 is 2.70 bits per heavy atom. The number of hydrogen-bond donors (Lipinski definition) is 1. The number of sulfonamides is 1. The second kappa shape index (κ2) is 7.91. The largest absolute Gasteiger partial charge is 0.490 e. The fourth-order valence-electron chi connectivity index (χ4n) is 2.52. The molecule has 1 atom stereocenters. The lowest BCUT2D eigenvalue weighted by molar-refractivity contribution is -0.386. The maximum Gasteiger partial charge on any atom is 0.312 e. The molecular weight excluding hydrogens is 346 g/mol.